The van der Waals surface area contributed by atoms with E-state index in [4.69, 9.17) is 16.3 Å². The molecule has 16 heavy (non-hydrogen) atoms. The summed E-state index contributed by atoms with van der Waals surface area (Å²) in [6.45, 7) is 4.58. The molecule has 0 aliphatic carbocycles. The average Bonchev–Trinajstić information content (AvgIpc) is 2.67. The van der Waals surface area contributed by atoms with E-state index in [1.54, 1.807) is 0 Å². The van der Waals surface area contributed by atoms with E-state index < -0.39 is 0 Å². The molecule has 2 nitrogen and oxygen atoms in total. The molecular formula is C12H15BrClNO. The largest absolute Gasteiger partial charge is 0.379 e. The molecule has 1 unspecified atom stereocenters. The van der Waals surface area contributed by atoms with Gasteiger partial charge in [0.2, 0.25) is 0 Å². The second-order valence-electron chi connectivity index (χ2n) is 4.45. The molecule has 1 aromatic carbocycles. The standard InChI is InChI=1S/C12H15BrClNO/c1-12(4-5-16-8-12)15-7-9-6-10(13)2-3-11(9)14/h2-3,6,15H,4-5,7-8H2,1H3. The van der Waals surface area contributed by atoms with Crippen molar-refractivity contribution in [3.63, 3.8) is 0 Å². The van der Waals surface area contributed by atoms with E-state index >= 15 is 0 Å². The summed E-state index contributed by atoms with van der Waals surface area (Å²) in [6, 6.07) is 5.91. The monoisotopic (exact) mass is 303 g/mol. The molecule has 0 aromatic heterocycles. The zero-order chi connectivity index (χ0) is 11.6. The molecule has 0 radical (unpaired) electrons. The van der Waals surface area contributed by atoms with Crippen LogP contribution in [0.4, 0.5) is 0 Å². The van der Waals surface area contributed by atoms with Crippen molar-refractivity contribution in [2.45, 2.75) is 25.4 Å². The summed E-state index contributed by atoms with van der Waals surface area (Å²) in [5, 5.41) is 4.32. The van der Waals surface area contributed by atoms with Crippen LogP contribution < -0.4 is 5.32 Å². The van der Waals surface area contributed by atoms with Crippen LogP contribution in [-0.4, -0.2) is 18.8 Å². The van der Waals surface area contributed by atoms with Crippen LogP contribution in [-0.2, 0) is 11.3 Å². The van der Waals surface area contributed by atoms with Gasteiger partial charge in [-0.25, -0.2) is 0 Å². The molecular weight excluding hydrogens is 289 g/mol. The molecule has 1 atom stereocenters. The third kappa shape index (κ3) is 2.98. The Bertz CT molecular complexity index is 377. The van der Waals surface area contributed by atoms with Crippen LogP contribution in [0.15, 0.2) is 22.7 Å². The second kappa shape index (κ2) is 5.05. The summed E-state index contributed by atoms with van der Waals surface area (Å²) in [4.78, 5) is 0. The highest BCUT2D eigenvalue weighted by molar-refractivity contribution is 9.10. The molecule has 0 saturated carbocycles. The maximum absolute atomic E-state index is 6.13. The first-order valence-electron chi connectivity index (χ1n) is 5.36. The van der Waals surface area contributed by atoms with E-state index in [2.05, 4.69) is 34.2 Å². The Labute approximate surface area is 109 Å². The van der Waals surface area contributed by atoms with Gasteiger partial charge in [-0.2, -0.15) is 0 Å². The highest BCUT2D eigenvalue weighted by atomic mass is 79.9. The highest BCUT2D eigenvalue weighted by Crippen LogP contribution is 2.23. The summed E-state index contributed by atoms with van der Waals surface area (Å²) >= 11 is 9.59. The van der Waals surface area contributed by atoms with E-state index in [0.717, 1.165) is 41.2 Å². The molecule has 0 bridgehead atoms. The van der Waals surface area contributed by atoms with E-state index in [9.17, 15) is 0 Å². The summed E-state index contributed by atoms with van der Waals surface area (Å²) in [7, 11) is 0. The number of hydrogen-bond acceptors (Lipinski definition) is 2. The second-order valence-corrected chi connectivity index (χ2v) is 5.78. The molecule has 1 aliphatic heterocycles. The molecule has 1 aromatic rings. The van der Waals surface area contributed by atoms with Crippen molar-refractivity contribution in [1.29, 1.82) is 0 Å². The maximum atomic E-state index is 6.13. The lowest BCUT2D eigenvalue weighted by Gasteiger charge is -2.24. The number of benzene rings is 1. The molecule has 2 rings (SSSR count). The van der Waals surface area contributed by atoms with Crippen LogP contribution in [0.1, 0.15) is 18.9 Å². The fourth-order valence-electron chi connectivity index (χ4n) is 1.79. The minimum atomic E-state index is 0.0889. The van der Waals surface area contributed by atoms with Gasteiger partial charge in [0.05, 0.1) is 6.61 Å². The molecule has 1 fully saturated rings. The Morgan fingerprint density at radius 2 is 2.38 bits per heavy atom. The van der Waals surface area contributed by atoms with Crippen molar-refractivity contribution in [3.05, 3.63) is 33.3 Å². The zero-order valence-corrected chi connectivity index (χ0v) is 11.6. The summed E-state index contributed by atoms with van der Waals surface area (Å²) in [6.07, 6.45) is 1.05. The van der Waals surface area contributed by atoms with Gasteiger partial charge in [-0.3, -0.25) is 0 Å². The first-order valence-corrected chi connectivity index (χ1v) is 6.53. The van der Waals surface area contributed by atoms with Gasteiger partial charge < -0.3 is 10.1 Å². The van der Waals surface area contributed by atoms with Crippen molar-refractivity contribution in [2.24, 2.45) is 0 Å². The smallest absolute Gasteiger partial charge is 0.0646 e. The van der Waals surface area contributed by atoms with Gasteiger partial charge in [-0.15, -0.1) is 0 Å². The van der Waals surface area contributed by atoms with E-state index in [-0.39, 0.29) is 5.54 Å². The molecule has 0 spiro atoms. The van der Waals surface area contributed by atoms with Crippen LogP contribution in [0.2, 0.25) is 5.02 Å². The summed E-state index contributed by atoms with van der Waals surface area (Å²) in [5.41, 5.74) is 1.20. The van der Waals surface area contributed by atoms with Gasteiger partial charge in [-0.05, 0) is 37.1 Å². The lowest BCUT2D eigenvalue weighted by Crippen LogP contribution is -2.42. The van der Waals surface area contributed by atoms with Gasteiger partial charge in [0.1, 0.15) is 0 Å². The third-order valence-electron chi connectivity index (χ3n) is 2.93. The van der Waals surface area contributed by atoms with Crippen molar-refractivity contribution < 1.29 is 4.74 Å². The topological polar surface area (TPSA) is 21.3 Å². The van der Waals surface area contributed by atoms with Gasteiger partial charge in [0, 0.05) is 28.2 Å². The van der Waals surface area contributed by atoms with Crippen molar-refractivity contribution in [2.75, 3.05) is 13.2 Å². The predicted molar refractivity (Wildman–Crippen MR) is 69.8 cm³/mol. The van der Waals surface area contributed by atoms with Crippen LogP contribution >= 0.6 is 27.5 Å². The zero-order valence-electron chi connectivity index (χ0n) is 9.22. The molecule has 1 N–H and O–H groups in total. The average molecular weight is 305 g/mol. The molecule has 1 saturated heterocycles. The number of halogens is 2. The van der Waals surface area contributed by atoms with Crippen LogP contribution in [0.3, 0.4) is 0 Å². The van der Waals surface area contributed by atoms with Gasteiger partial charge >= 0.3 is 0 Å². The minimum absolute atomic E-state index is 0.0889. The van der Waals surface area contributed by atoms with E-state index in [1.807, 2.05) is 12.1 Å². The number of ether oxygens (including phenoxy) is 1. The fraction of sp³-hybridized carbons (Fsp3) is 0.500. The molecule has 0 amide bonds. The summed E-state index contributed by atoms with van der Waals surface area (Å²) in [5.74, 6) is 0. The van der Waals surface area contributed by atoms with Gasteiger partial charge in [0.25, 0.3) is 0 Å². The van der Waals surface area contributed by atoms with Crippen molar-refractivity contribution >= 4 is 27.5 Å². The Kier molecular flexibility index (Phi) is 3.90. The van der Waals surface area contributed by atoms with Crippen molar-refractivity contribution in [3.8, 4) is 0 Å². The lowest BCUT2D eigenvalue weighted by molar-refractivity contribution is 0.171. The minimum Gasteiger partial charge on any atom is -0.379 e. The maximum Gasteiger partial charge on any atom is 0.0646 e. The fourth-order valence-corrected chi connectivity index (χ4v) is 2.39. The SMILES string of the molecule is CC1(NCc2cc(Br)ccc2Cl)CCOC1. The predicted octanol–water partition coefficient (Wildman–Crippen LogP) is 3.37. The normalized spacial score (nSPS) is 24.9. The Morgan fingerprint density at radius 3 is 3.06 bits per heavy atom. The molecule has 1 heterocycles. The lowest BCUT2D eigenvalue weighted by atomic mass is 10.0. The molecule has 4 heteroatoms. The molecule has 1 aliphatic rings. The van der Waals surface area contributed by atoms with Crippen LogP contribution in [0.25, 0.3) is 0 Å². The van der Waals surface area contributed by atoms with Crippen LogP contribution in [0.5, 0.6) is 0 Å². The van der Waals surface area contributed by atoms with E-state index in [0.29, 0.717) is 0 Å². The van der Waals surface area contributed by atoms with Gasteiger partial charge in [0.15, 0.2) is 0 Å². The van der Waals surface area contributed by atoms with E-state index in [1.165, 1.54) is 0 Å². The number of nitrogens with one attached hydrogen (secondary N) is 1. The number of hydrogen-bond donors (Lipinski definition) is 1. The first-order chi connectivity index (χ1) is 7.59. The molecule has 88 valence electrons. The quantitative estimate of drug-likeness (QED) is 0.924. The Hall–Kier alpha value is -0.0900. The first kappa shape index (κ1) is 12.4. The highest BCUT2D eigenvalue weighted by Gasteiger charge is 2.28. The van der Waals surface area contributed by atoms with Crippen LogP contribution in [0, 0.1) is 0 Å². The summed E-state index contributed by atoms with van der Waals surface area (Å²) < 4.78 is 6.45. The Balaban J connectivity index is 2.01. The van der Waals surface area contributed by atoms with Gasteiger partial charge in [-0.1, -0.05) is 27.5 Å². The number of rotatable bonds is 3. The Morgan fingerprint density at radius 1 is 1.56 bits per heavy atom. The van der Waals surface area contributed by atoms with Crippen molar-refractivity contribution in [1.82, 2.24) is 5.32 Å². The third-order valence-corrected chi connectivity index (χ3v) is 3.79.